The molecule has 0 fully saturated rings. The molecule has 1 aromatic heterocycles. The van der Waals surface area contributed by atoms with E-state index in [1.807, 2.05) is 24.3 Å². The van der Waals surface area contributed by atoms with Crippen LogP contribution in [0.15, 0.2) is 48.7 Å². The molecule has 0 unspecified atom stereocenters. The van der Waals surface area contributed by atoms with Crippen molar-refractivity contribution in [3.05, 3.63) is 48.7 Å². The van der Waals surface area contributed by atoms with Crippen LogP contribution in [0.5, 0.6) is 0 Å². The Morgan fingerprint density at radius 2 is 2.12 bits per heavy atom. The van der Waals surface area contributed by atoms with Gasteiger partial charge in [0.05, 0.1) is 11.2 Å². The van der Waals surface area contributed by atoms with Crippen LogP contribution in [0.2, 0.25) is 0 Å². The summed E-state index contributed by atoms with van der Waals surface area (Å²) in [5.41, 5.74) is 1.14. The van der Waals surface area contributed by atoms with E-state index in [-0.39, 0.29) is 5.57 Å². The molecular weight excluding hydrogens is 214 g/mol. The number of aromatic nitrogens is 1. The van der Waals surface area contributed by atoms with Gasteiger partial charge in [0.1, 0.15) is 11.6 Å². The molecule has 1 amide bonds. The van der Waals surface area contributed by atoms with E-state index in [0.29, 0.717) is 11.2 Å². The van der Waals surface area contributed by atoms with Crippen LogP contribution < -0.4 is 5.32 Å². The number of anilines is 1. The van der Waals surface area contributed by atoms with E-state index >= 15 is 0 Å². The summed E-state index contributed by atoms with van der Waals surface area (Å²) in [4.78, 5) is 15.7. The number of hydrogen-bond acceptors (Lipinski definition) is 3. The van der Waals surface area contributed by atoms with E-state index in [4.69, 9.17) is 5.26 Å². The van der Waals surface area contributed by atoms with E-state index in [2.05, 4.69) is 16.9 Å². The van der Waals surface area contributed by atoms with Crippen molar-refractivity contribution in [2.75, 3.05) is 5.32 Å². The third kappa shape index (κ3) is 2.13. The Bertz CT molecular complexity index is 635. The van der Waals surface area contributed by atoms with Crippen molar-refractivity contribution in [2.24, 2.45) is 0 Å². The Morgan fingerprint density at radius 1 is 1.35 bits per heavy atom. The van der Waals surface area contributed by atoms with Crippen LogP contribution in [0.3, 0.4) is 0 Å². The Balaban J connectivity index is 2.40. The van der Waals surface area contributed by atoms with Gasteiger partial charge in [-0.25, -0.2) is 0 Å². The second-order valence-electron chi connectivity index (χ2n) is 3.43. The number of carbonyl (C=O) groups excluding carboxylic acids is 1. The zero-order valence-electron chi connectivity index (χ0n) is 8.97. The van der Waals surface area contributed by atoms with Crippen LogP contribution in [-0.4, -0.2) is 10.9 Å². The van der Waals surface area contributed by atoms with Gasteiger partial charge in [0.15, 0.2) is 0 Å². The molecule has 4 nitrogen and oxygen atoms in total. The maximum absolute atomic E-state index is 11.5. The van der Waals surface area contributed by atoms with Gasteiger partial charge in [0.2, 0.25) is 0 Å². The van der Waals surface area contributed by atoms with Crippen LogP contribution in [0.1, 0.15) is 0 Å². The van der Waals surface area contributed by atoms with Gasteiger partial charge in [-0.15, -0.1) is 0 Å². The number of para-hydroxylation sites is 1. The highest BCUT2D eigenvalue weighted by Crippen LogP contribution is 2.20. The molecule has 0 saturated heterocycles. The fourth-order valence-corrected chi connectivity index (χ4v) is 1.45. The summed E-state index contributed by atoms with van der Waals surface area (Å²) in [6.45, 7) is 3.36. The molecule has 0 atom stereocenters. The summed E-state index contributed by atoms with van der Waals surface area (Å²) in [5.74, 6) is -0.509. The second kappa shape index (κ2) is 4.45. The average Bonchev–Trinajstić information content (AvgIpc) is 2.38. The maximum atomic E-state index is 11.5. The second-order valence-corrected chi connectivity index (χ2v) is 3.43. The lowest BCUT2D eigenvalue weighted by Crippen LogP contribution is -2.13. The molecule has 0 radical (unpaired) electrons. The maximum Gasteiger partial charge on any atom is 0.265 e. The topological polar surface area (TPSA) is 65.8 Å². The largest absolute Gasteiger partial charge is 0.319 e. The molecule has 0 aliphatic carbocycles. The number of nitrogens with one attached hydrogen (secondary N) is 1. The van der Waals surface area contributed by atoms with E-state index in [1.54, 1.807) is 18.3 Å². The molecule has 82 valence electrons. The van der Waals surface area contributed by atoms with Crippen LogP contribution >= 0.6 is 0 Å². The molecule has 17 heavy (non-hydrogen) atoms. The minimum atomic E-state index is -0.509. The van der Waals surface area contributed by atoms with Gasteiger partial charge >= 0.3 is 0 Å². The number of pyridine rings is 1. The number of fused-ring (bicyclic) bond motifs is 1. The standard InChI is InChI=1S/C13H9N3O/c1-9(8-14)13(17)16-11-6-2-4-10-5-3-7-15-12(10)11/h2-7H,1H2,(H,16,17). The lowest BCUT2D eigenvalue weighted by Gasteiger charge is -2.06. The average molecular weight is 223 g/mol. The molecule has 1 aromatic carbocycles. The van der Waals surface area contributed by atoms with Gasteiger partial charge in [-0.1, -0.05) is 24.8 Å². The van der Waals surface area contributed by atoms with Crippen molar-refractivity contribution >= 4 is 22.5 Å². The summed E-state index contributed by atoms with van der Waals surface area (Å²) >= 11 is 0. The van der Waals surface area contributed by atoms with Crippen molar-refractivity contribution in [2.45, 2.75) is 0 Å². The first-order chi connectivity index (χ1) is 8.22. The summed E-state index contributed by atoms with van der Waals surface area (Å²) < 4.78 is 0. The Labute approximate surface area is 98.2 Å². The molecule has 1 heterocycles. The summed E-state index contributed by atoms with van der Waals surface area (Å²) in [6, 6.07) is 10.9. The van der Waals surface area contributed by atoms with E-state index in [1.165, 1.54) is 0 Å². The van der Waals surface area contributed by atoms with Crippen molar-refractivity contribution < 1.29 is 4.79 Å². The number of nitriles is 1. The zero-order valence-corrected chi connectivity index (χ0v) is 8.97. The Morgan fingerprint density at radius 3 is 2.88 bits per heavy atom. The predicted octanol–water partition coefficient (Wildman–Crippen LogP) is 2.25. The predicted molar refractivity (Wildman–Crippen MR) is 65.1 cm³/mol. The first-order valence-electron chi connectivity index (χ1n) is 4.96. The fourth-order valence-electron chi connectivity index (χ4n) is 1.45. The van der Waals surface area contributed by atoms with Crippen molar-refractivity contribution in [3.8, 4) is 6.07 Å². The Hall–Kier alpha value is -2.67. The first-order valence-corrected chi connectivity index (χ1v) is 4.96. The third-order valence-electron chi connectivity index (χ3n) is 2.29. The smallest absolute Gasteiger partial charge is 0.265 e. The number of hydrogen-bond donors (Lipinski definition) is 1. The fraction of sp³-hybridized carbons (Fsp3) is 0. The lowest BCUT2D eigenvalue weighted by atomic mass is 10.2. The van der Waals surface area contributed by atoms with Gasteiger partial charge in [-0.3, -0.25) is 9.78 Å². The molecule has 0 spiro atoms. The summed E-state index contributed by atoms with van der Waals surface area (Å²) in [6.07, 6.45) is 1.65. The molecule has 1 N–H and O–H groups in total. The molecular formula is C13H9N3O. The highest BCUT2D eigenvalue weighted by molar-refractivity contribution is 6.09. The van der Waals surface area contributed by atoms with Gasteiger partial charge in [-0.2, -0.15) is 5.26 Å². The van der Waals surface area contributed by atoms with Crippen LogP contribution in [-0.2, 0) is 4.79 Å². The van der Waals surface area contributed by atoms with Gasteiger partial charge < -0.3 is 5.32 Å². The molecule has 0 bridgehead atoms. The summed E-state index contributed by atoms with van der Waals surface area (Å²) in [7, 11) is 0. The quantitative estimate of drug-likeness (QED) is 0.627. The van der Waals surface area contributed by atoms with Crippen LogP contribution in [0, 0.1) is 11.3 Å². The van der Waals surface area contributed by atoms with Crippen molar-refractivity contribution in [1.82, 2.24) is 4.98 Å². The minimum Gasteiger partial charge on any atom is -0.319 e. The van der Waals surface area contributed by atoms with Gasteiger partial charge in [-0.05, 0) is 12.1 Å². The third-order valence-corrected chi connectivity index (χ3v) is 2.29. The van der Waals surface area contributed by atoms with Crippen molar-refractivity contribution in [1.29, 1.82) is 5.26 Å². The van der Waals surface area contributed by atoms with Crippen LogP contribution in [0.25, 0.3) is 10.9 Å². The normalized spacial score (nSPS) is 9.59. The highest BCUT2D eigenvalue weighted by atomic mass is 16.1. The molecule has 2 rings (SSSR count). The number of nitrogens with zero attached hydrogens (tertiary/aromatic N) is 2. The Kier molecular flexibility index (Phi) is 2.84. The molecule has 0 aliphatic heterocycles. The summed E-state index contributed by atoms with van der Waals surface area (Å²) in [5, 5.41) is 12.1. The van der Waals surface area contributed by atoms with Gasteiger partial charge in [0, 0.05) is 11.6 Å². The van der Waals surface area contributed by atoms with Crippen LogP contribution in [0.4, 0.5) is 5.69 Å². The molecule has 4 heteroatoms. The number of rotatable bonds is 2. The van der Waals surface area contributed by atoms with Gasteiger partial charge in [0.25, 0.3) is 5.91 Å². The molecule has 2 aromatic rings. The lowest BCUT2D eigenvalue weighted by molar-refractivity contribution is -0.112. The number of benzene rings is 1. The highest BCUT2D eigenvalue weighted by Gasteiger charge is 2.08. The molecule has 0 aliphatic rings. The zero-order chi connectivity index (χ0) is 12.3. The van der Waals surface area contributed by atoms with Crippen molar-refractivity contribution in [3.63, 3.8) is 0 Å². The van der Waals surface area contributed by atoms with E-state index in [0.717, 1.165) is 5.39 Å². The van der Waals surface area contributed by atoms with E-state index in [9.17, 15) is 4.79 Å². The first kappa shape index (κ1) is 10.8. The minimum absolute atomic E-state index is 0.127. The number of carbonyl (C=O) groups is 1. The number of amides is 1. The molecule has 0 saturated carbocycles. The SMILES string of the molecule is C=C(C#N)C(=O)Nc1cccc2cccnc12. The van der Waals surface area contributed by atoms with E-state index < -0.39 is 5.91 Å². The monoisotopic (exact) mass is 223 g/mol.